The zero-order chi connectivity index (χ0) is 33.3. The maximum Gasteiger partial charge on any atom is 0.216 e. The average Bonchev–Trinajstić information content (AvgIpc) is 3.68. The minimum atomic E-state index is -0.792. The highest BCUT2D eigenvalue weighted by Gasteiger charge is 2.59. The first kappa shape index (κ1) is 31.3. The first-order chi connectivity index (χ1) is 23.1. The molecule has 242 valence electrons. The number of rotatable bonds is 6. The molecule has 48 heavy (non-hydrogen) atoms. The Morgan fingerprint density at radius 1 is 0.667 bits per heavy atom. The fourth-order valence-corrected chi connectivity index (χ4v) is 12.0. The van der Waals surface area contributed by atoms with E-state index in [1.54, 1.807) is 5.56 Å². The fourth-order valence-electron chi connectivity index (χ4n) is 9.36. The molecule has 2 aliphatic carbocycles. The quantitative estimate of drug-likeness (QED) is 0.169. The first-order valence-electron chi connectivity index (χ1n) is 17.5. The van der Waals surface area contributed by atoms with Crippen LogP contribution in [-0.2, 0) is 27.4 Å². The monoisotopic (exact) mass is 647 g/mol. The molecule has 5 aromatic carbocycles. The molecule has 0 bridgehead atoms. The molecule has 3 aliphatic rings. The molecule has 0 aromatic heterocycles. The van der Waals surface area contributed by atoms with Crippen LogP contribution in [0.2, 0.25) is 0 Å². The van der Waals surface area contributed by atoms with Gasteiger partial charge in [0, 0.05) is 11.0 Å². The van der Waals surface area contributed by atoms with Gasteiger partial charge in [0.05, 0.1) is 6.04 Å². The van der Waals surface area contributed by atoms with Gasteiger partial charge in [-0.3, -0.25) is 0 Å². The predicted octanol–water partition coefficient (Wildman–Crippen LogP) is 9.10. The second kappa shape index (κ2) is 11.6. The van der Waals surface area contributed by atoms with Crippen LogP contribution in [0, 0.1) is 13.8 Å². The summed E-state index contributed by atoms with van der Waals surface area (Å²) in [6.07, 6.45) is 3.05. The molecule has 8 rings (SSSR count). The number of ether oxygens (including phenoxy) is 1. The van der Waals surface area contributed by atoms with Gasteiger partial charge in [0.15, 0.2) is 0 Å². The molecule has 0 radical (unpaired) electrons. The largest absolute Gasteiger partial charge is 0.475 e. The van der Waals surface area contributed by atoms with E-state index in [1.165, 1.54) is 54.9 Å². The fraction of sp³-hybridized carbons (Fsp3) is 0.311. The van der Waals surface area contributed by atoms with E-state index >= 15 is 0 Å². The Hall–Kier alpha value is -4.00. The van der Waals surface area contributed by atoms with Gasteiger partial charge in [-0.15, -0.1) is 0 Å². The second-order valence-electron chi connectivity index (χ2n) is 15.7. The lowest BCUT2D eigenvalue weighted by Gasteiger charge is -2.34. The summed E-state index contributed by atoms with van der Waals surface area (Å²) < 4.78 is 6.60. The SMILES string of the molecule is Cc1cc(C2=N[C@@H](Cc3ccccc3)CO2)c2c(c1)C(C)(C)C[C@@]21CC(C)(C)c2cc(C)cc(P(c3ccccc3)c3ccccc3)c21. The van der Waals surface area contributed by atoms with E-state index in [4.69, 9.17) is 9.73 Å². The third kappa shape index (κ3) is 5.16. The molecule has 3 heteroatoms. The minimum Gasteiger partial charge on any atom is -0.475 e. The van der Waals surface area contributed by atoms with Crippen molar-refractivity contribution in [3.63, 3.8) is 0 Å². The van der Waals surface area contributed by atoms with Gasteiger partial charge in [-0.1, -0.05) is 148 Å². The summed E-state index contributed by atoms with van der Waals surface area (Å²) in [6.45, 7) is 15.1. The van der Waals surface area contributed by atoms with Crippen LogP contribution in [-0.4, -0.2) is 18.5 Å². The summed E-state index contributed by atoms with van der Waals surface area (Å²) in [5.41, 5.74) is 11.0. The molecule has 0 amide bonds. The van der Waals surface area contributed by atoms with Crippen LogP contribution in [0.3, 0.4) is 0 Å². The summed E-state index contributed by atoms with van der Waals surface area (Å²) in [5.74, 6) is 0.834. The van der Waals surface area contributed by atoms with E-state index in [0.29, 0.717) is 6.61 Å². The molecule has 0 saturated carbocycles. The van der Waals surface area contributed by atoms with Gasteiger partial charge < -0.3 is 4.74 Å². The van der Waals surface area contributed by atoms with Crippen molar-refractivity contribution in [1.82, 2.24) is 0 Å². The van der Waals surface area contributed by atoms with Crippen molar-refractivity contribution in [2.45, 2.75) is 83.1 Å². The van der Waals surface area contributed by atoms with Crippen LogP contribution in [0.15, 0.2) is 120 Å². The molecule has 5 aromatic rings. The number of hydrogen-bond donors (Lipinski definition) is 0. The van der Waals surface area contributed by atoms with E-state index in [-0.39, 0.29) is 22.3 Å². The normalized spacial score (nSPS) is 21.6. The lowest BCUT2D eigenvalue weighted by molar-refractivity contribution is 0.315. The van der Waals surface area contributed by atoms with Crippen molar-refractivity contribution in [1.29, 1.82) is 0 Å². The van der Waals surface area contributed by atoms with Gasteiger partial charge in [0.25, 0.3) is 0 Å². The first-order valence-corrected chi connectivity index (χ1v) is 18.9. The maximum absolute atomic E-state index is 6.60. The third-order valence-corrected chi connectivity index (χ3v) is 13.4. The Morgan fingerprint density at radius 3 is 1.77 bits per heavy atom. The number of benzene rings is 5. The molecule has 0 unspecified atom stereocenters. The van der Waals surface area contributed by atoms with Crippen molar-refractivity contribution in [3.05, 3.63) is 160 Å². The van der Waals surface area contributed by atoms with E-state index in [0.717, 1.165) is 25.2 Å². The lowest BCUT2D eigenvalue weighted by atomic mass is 9.71. The number of aryl methyl sites for hydroxylation is 2. The molecule has 2 atom stereocenters. The van der Waals surface area contributed by atoms with Gasteiger partial charge in [-0.05, 0) is 102 Å². The van der Waals surface area contributed by atoms with Gasteiger partial charge in [-0.25, -0.2) is 4.99 Å². The minimum absolute atomic E-state index is 0.000797. The average molecular weight is 648 g/mol. The molecular weight excluding hydrogens is 601 g/mol. The van der Waals surface area contributed by atoms with E-state index < -0.39 is 7.92 Å². The predicted molar refractivity (Wildman–Crippen MR) is 204 cm³/mol. The van der Waals surface area contributed by atoms with Crippen molar-refractivity contribution >= 4 is 29.7 Å². The van der Waals surface area contributed by atoms with Crippen LogP contribution in [0.25, 0.3) is 0 Å². The molecule has 1 heterocycles. The van der Waals surface area contributed by atoms with Crippen LogP contribution in [0.4, 0.5) is 0 Å². The Morgan fingerprint density at radius 2 is 1.19 bits per heavy atom. The highest BCUT2D eigenvalue weighted by molar-refractivity contribution is 7.80. The summed E-state index contributed by atoms with van der Waals surface area (Å²) in [6, 6.07) is 43.2. The molecule has 1 aliphatic heterocycles. The highest BCUT2D eigenvalue weighted by atomic mass is 31.1. The molecule has 1 spiro atoms. The second-order valence-corrected chi connectivity index (χ2v) is 17.9. The Bertz CT molecular complexity index is 1990. The van der Waals surface area contributed by atoms with Crippen LogP contribution in [0.5, 0.6) is 0 Å². The zero-order valence-corrected chi connectivity index (χ0v) is 30.1. The maximum atomic E-state index is 6.60. The molecule has 0 saturated heterocycles. The number of aliphatic imine (C=N–C) groups is 1. The van der Waals surface area contributed by atoms with E-state index in [2.05, 4.69) is 157 Å². The van der Waals surface area contributed by atoms with Gasteiger partial charge in [0.2, 0.25) is 5.90 Å². The van der Waals surface area contributed by atoms with Crippen molar-refractivity contribution in [2.75, 3.05) is 6.61 Å². The van der Waals surface area contributed by atoms with Crippen molar-refractivity contribution in [3.8, 4) is 0 Å². The summed E-state index contributed by atoms with van der Waals surface area (Å²) in [4.78, 5) is 5.33. The number of fused-ring (bicyclic) bond motifs is 4. The summed E-state index contributed by atoms with van der Waals surface area (Å²) in [5, 5.41) is 4.31. The Kier molecular flexibility index (Phi) is 7.53. The molecule has 0 N–H and O–H groups in total. The van der Waals surface area contributed by atoms with Gasteiger partial charge >= 0.3 is 0 Å². The summed E-state index contributed by atoms with van der Waals surface area (Å²) in [7, 11) is -0.792. The Labute approximate surface area is 288 Å². The molecular formula is C45H46NOP. The van der Waals surface area contributed by atoms with Crippen LogP contribution >= 0.6 is 7.92 Å². The number of hydrogen-bond acceptors (Lipinski definition) is 2. The smallest absolute Gasteiger partial charge is 0.216 e. The standard InChI is InChI=1S/C45H46NOP/c1-30-22-36(42-46-33(27-47-42)26-32-16-10-7-11-17-32)40-37(23-30)43(3,4)28-45(40)29-44(5,6)38-24-31(2)25-39(41(38)45)48(34-18-12-8-13-19-34)35-20-14-9-15-21-35/h7-25,33H,26-29H2,1-6H3/t33-,45+/m0/s1. The topological polar surface area (TPSA) is 21.6 Å². The summed E-state index contributed by atoms with van der Waals surface area (Å²) >= 11 is 0. The van der Waals surface area contributed by atoms with Crippen LogP contribution < -0.4 is 15.9 Å². The van der Waals surface area contributed by atoms with Gasteiger partial charge in [0.1, 0.15) is 6.61 Å². The van der Waals surface area contributed by atoms with E-state index in [9.17, 15) is 0 Å². The van der Waals surface area contributed by atoms with Gasteiger partial charge in [-0.2, -0.15) is 0 Å². The lowest BCUT2D eigenvalue weighted by Crippen LogP contribution is -2.34. The third-order valence-electron chi connectivity index (χ3n) is 11.0. The van der Waals surface area contributed by atoms with Crippen molar-refractivity contribution in [2.24, 2.45) is 4.99 Å². The highest BCUT2D eigenvalue weighted by Crippen LogP contribution is 2.64. The van der Waals surface area contributed by atoms with Crippen molar-refractivity contribution < 1.29 is 4.74 Å². The number of nitrogens with zero attached hydrogens (tertiary/aromatic N) is 1. The molecule has 2 nitrogen and oxygen atoms in total. The Balaban J connectivity index is 1.38. The van der Waals surface area contributed by atoms with E-state index in [1.807, 2.05) is 0 Å². The zero-order valence-electron chi connectivity index (χ0n) is 29.2. The van der Waals surface area contributed by atoms with Crippen LogP contribution in [0.1, 0.15) is 85.0 Å². The molecule has 0 fully saturated rings.